The Balaban J connectivity index is 2.87. The molecular formula is C10H14F3NO4. The zero-order chi connectivity index (χ0) is 14.4. The molecule has 0 aromatic heterocycles. The SMILES string of the molecule is CC(C)(C)OC(=O)N1CC(F)(F)C(F)(C(=O)O)C1. The van der Waals surface area contributed by atoms with Gasteiger partial charge in [0.05, 0.1) is 13.1 Å². The van der Waals surface area contributed by atoms with Crippen molar-refractivity contribution < 1.29 is 32.6 Å². The van der Waals surface area contributed by atoms with Crippen LogP contribution in [-0.4, -0.2) is 52.4 Å². The molecule has 1 saturated heterocycles. The Morgan fingerprint density at radius 2 is 1.72 bits per heavy atom. The van der Waals surface area contributed by atoms with E-state index in [0.29, 0.717) is 4.90 Å². The number of aliphatic carboxylic acids is 1. The van der Waals surface area contributed by atoms with Gasteiger partial charge in [-0.05, 0) is 20.8 Å². The minimum atomic E-state index is -4.14. The van der Waals surface area contributed by atoms with Crippen LogP contribution in [0.2, 0.25) is 0 Å². The topological polar surface area (TPSA) is 66.8 Å². The van der Waals surface area contributed by atoms with Gasteiger partial charge in [0.1, 0.15) is 5.60 Å². The van der Waals surface area contributed by atoms with Crippen LogP contribution in [0.15, 0.2) is 0 Å². The van der Waals surface area contributed by atoms with E-state index in [2.05, 4.69) is 0 Å². The van der Waals surface area contributed by atoms with Crippen molar-refractivity contribution in [3.8, 4) is 0 Å². The lowest BCUT2D eigenvalue weighted by Gasteiger charge is -2.24. The molecule has 1 N–H and O–H groups in total. The smallest absolute Gasteiger partial charge is 0.410 e. The average molecular weight is 269 g/mol. The van der Waals surface area contributed by atoms with E-state index >= 15 is 0 Å². The zero-order valence-electron chi connectivity index (χ0n) is 10.2. The summed E-state index contributed by atoms with van der Waals surface area (Å²) in [5, 5.41) is 8.51. The van der Waals surface area contributed by atoms with E-state index in [1.165, 1.54) is 20.8 Å². The number of carboxylic acids is 1. The number of carboxylic acid groups (broad SMARTS) is 1. The number of likely N-dealkylation sites (tertiary alicyclic amines) is 1. The molecule has 1 atom stereocenters. The van der Waals surface area contributed by atoms with Crippen LogP contribution in [0.25, 0.3) is 0 Å². The summed E-state index contributed by atoms with van der Waals surface area (Å²) in [6.07, 6.45) is -1.16. The molecule has 1 fully saturated rings. The van der Waals surface area contributed by atoms with Gasteiger partial charge in [0.2, 0.25) is 0 Å². The first-order valence-corrected chi connectivity index (χ1v) is 5.17. The molecule has 1 unspecified atom stereocenters. The molecule has 1 aliphatic rings. The second-order valence-electron chi connectivity index (χ2n) is 5.15. The summed E-state index contributed by atoms with van der Waals surface area (Å²) < 4.78 is 45.0. The van der Waals surface area contributed by atoms with Gasteiger partial charge in [0.15, 0.2) is 0 Å². The third-order valence-electron chi connectivity index (χ3n) is 2.37. The summed E-state index contributed by atoms with van der Waals surface area (Å²) in [4.78, 5) is 22.4. The van der Waals surface area contributed by atoms with Crippen LogP contribution in [0, 0.1) is 0 Å². The molecule has 0 aromatic carbocycles. The van der Waals surface area contributed by atoms with Gasteiger partial charge < -0.3 is 9.84 Å². The van der Waals surface area contributed by atoms with Crippen LogP contribution in [0.4, 0.5) is 18.0 Å². The predicted molar refractivity (Wildman–Crippen MR) is 54.2 cm³/mol. The summed E-state index contributed by atoms with van der Waals surface area (Å²) in [7, 11) is 0. The third kappa shape index (κ3) is 2.51. The Hall–Kier alpha value is -1.47. The van der Waals surface area contributed by atoms with Gasteiger partial charge in [-0.2, -0.15) is 0 Å². The highest BCUT2D eigenvalue weighted by atomic mass is 19.3. The molecule has 1 heterocycles. The summed E-state index contributed by atoms with van der Waals surface area (Å²) >= 11 is 0. The van der Waals surface area contributed by atoms with Crippen LogP contribution < -0.4 is 0 Å². The molecule has 0 radical (unpaired) electrons. The van der Waals surface area contributed by atoms with E-state index in [1.807, 2.05) is 0 Å². The molecular weight excluding hydrogens is 255 g/mol. The molecule has 0 aromatic rings. The number of hydrogen-bond donors (Lipinski definition) is 1. The first-order valence-electron chi connectivity index (χ1n) is 5.17. The minimum absolute atomic E-state index is 0.360. The Bertz CT molecular complexity index is 380. The van der Waals surface area contributed by atoms with Crippen LogP contribution in [-0.2, 0) is 9.53 Å². The number of carbonyl (C=O) groups is 2. The van der Waals surface area contributed by atoms with Gasteiger partial charge in [0.25, 0.3) is 5.67 Å². The maximum absolute atomic E-state index is 13.7. The number of ether oxygens (including phenoxy) is 1. The first kappa shape index (κ1) is 14.6. The minimum Gasteiger partial charge on any atom is -0.479 e. The van der Waals surface area contributed by atoms with Crippen LogP contribution >= 0.6 is 0 Å². The fraction of sp³-hybridized carbons (Fsp3) is 0.800. The fourth-order valence-corrected chi connectivity index (χ4v) is 1.48. The molecule has 5 nitrogen and oxygen atoms in total. The van der Waals surface area contributed by atoms with Gasteiger partial charge in [-0.15, -0.1) is 0 Å². The Labute approximate surface area is 102 Å². The van der Waals surface area contributed by atoms with E-state index in [9.17, 15) is 22.8 Å². The second-order valence-corrected chi connectivity index (χ2v) is 5.15. The summed E-state index contributed by atoms with van der Waals surface area (Å²) in [6, 6.07) is 0. The summed E-state index contributed by atoms with van der Waals surface area (Å²) in [5.41, 5.74) is -4.71. The monoisotopic (exact) mass is 269 g/mol. The van der Waals surface area contributed by atoms with Crippen LogP contribution in [0.1, 0.15) is 20.8 Å². The van der Waals surface area contributed by atoms with Crippen molar-refractivity contribution >= 4 is 12.1 Å². The van der Waals surface area contributed by atoms with Crippen molar-refractivity contribution in [3.05, 3.63) is 0 Å². The standard InChI is InChI=1S/C10H14F3NO4/c1-8(2,3)18-7(17)14-4-9(11,6(15)16)10(12,13)5-14/h4-5H2,1-3H3,(H,15,16). The number of alkyl halides is 3. The average Bonchev–Trinajstić information content (AvgIpc) is 2.36. The van der Waals surface area contributed by atoms with Crippen LogP contribution in [0.5, 0.6) is 0 Å². The normalized spacial score (nSPS) is 27.1. The molecule has 1 amide bonds. The molecule has 18 heavy (non-hydrogen) atoms. The quantitative estimate of drug-likeness (QED) is 0.786. The van der Waals surface area contributed by atoms with Gasteiger partial charge in [-0.25, -0.2) is 22.8 Å². The van der Waals surface area contributed by atoms with Gasteiger partial charge in [0, 0.05) is 0 Å². The highest BCUT2D eigenvalue weighted by Crippen LogP contribution is 2.40. The largest absolute Gasteiger partial charge is 0.479 e. The van der Waals surface area contributed by atoms with E-state index in [4.69, 9.17) is 9.84 Å². The number of amides is 1. The highest BCUT2D eigenvalue weighted by Gasteiger charge is 2.68. The molecule has 0 spiro atoms. The van der Waals surface area contributed by atoms with E-state index < -0.39 is 42.3 Å². The summed E-state index contributed by atoms with van der Waals surface area (Å²) in [6.45, 7) is 1.99. The Kier molecular flexibility index (Phi) is 3.27. The molecule has 1 aliphatic heterocycles. The van der Waals surface area contributed by atoms with Crippen molar-refractivity contribution in [1.29, 1.82) is 0 Å². The Morgan fingerprint density at radius 3 is 2.06 bits per heavy atom. The maximum Gasteiger partial charge on any atom is 0.410 e. The van der Waals surface area contributed by atoms with Crippen molar-refractivity contribution in [3.63, 3.8) is 0 Å². The third-order valence-corrected chi connectivity index (χ3v) is 2.37. The maximum atomic E-state index is 13.7. The van der Waals surface area contributed by atoms with Crippen molar-refractivity contribution in [1.82, 2.24) is 4.90 Å². The second kappa shape index (κ2) is 4.03. The molecule has 8 heteroatoms. The van der Waals surface area contributed by atoms with E-state index in [0.717, 1.165) is 0 Å². The first-order chi connectivity index (χ1) is 7.89. The number of halogens is 3. The number of rotatable bonds is 1. The van der Waals surface area contributed by atoms with Gasteiger partial charge >= 0.3 is 18.0 Å². The fourth-order valence-electron chi connectivity index (χ4n) is 1.48. The van der Waals surface area contributed by atoms with E-state index in [1.54, 1.807) is 0 Å². The predicted octanol–water partition coefficient (Wildman–Crippen LogP) is 1.67. The van der Waals surface area contributed by atoms with Gasteiger partial charge in [-0.3, -0.25) is 4.90 Å². The van der Waals surface area contributed by atoms with Crippen molar-refractivity contribution in [2.24, 2.45) is 0 Å². The number of nitrogens with zero attached hydrogens (tertiary/aromatic N) is 1. The van der Waals surface area contributed by atoms with Gasteiger partial charge in [-0.1, -0.05) is 0 Å². The lowest BCUT2D eigenvalue weighted by Crippen LogP contribution is -2.49. The molecule has 104 valence electrons. The number of carbonyl (C=O) groups excluding carboxylic acids is 1. The lowest BCUT2D eigenvalue weighted by atomic mass is 10.0. The lowest BCUT2D eigenvalue weighted by molar-refractivity contribution is -0.172. The highest BCUT2D eigenvalue weighted by molar-refractivity contribution is 5.82. The van der Waals surface area contributed by atoms with Crippen LogP contribution in [0.3, 0.4) is 0 Å². The Morgan fingerprint density at radius 1 is 1.22 bits per heavy atom. The zero-order valence-corrected chi connectivity index (χ0v) is 10.2. The molecule has 0 aliphatic carbocycles. The molecule has 0 saturated carbocycles. The van der Waals surface area contributed by atoms with Crippen molar-refractivity contribution in [2.75, 3.05) is 13.1 Å². The number of hydrogen-bond acceptors (Lipinski definition) is 3. The van der Waals surface area contributed by atoms with Crippen molar-refractivity contribution in [2.45, 2.75) is 38.0 Å². The summed E-state index contributed by atoms with van der Waals surface area (Å²) in [5.74, 6) is -6.44. The molecule has 1 rings (SSSR count). The molecule has 0 bridgehead atoms. The van der Waals surface area contributed by atoms with E-state index in [-0.39, 0.29) is 0 Å².